The third-order valence-corrected chi connectivity index (χ3v) is 15.5. The fraction of sp³-hybridized carbons (Fsp3) is 0.308. The highest BCUT2D eigenvalue weighted by Crippen LogP contribution is 2.65. The van der Waals surface area contributed by atoms with E-state index in [1.807, 2.05) is 0 Å². The summed E-state index contributed by atoms with van der Waals surface area (Å²) in [6.07, 6.45) is 6.96. The van der Waals surface area contributed by atoms with E-state index in [2.05, 4.69) is 149 Å². The first-order chi connectivity index (χ1) is 27.0. The highest BCUT2D eigenvalue weighted by atomic mass is 16.3. The zero-order chi connectivity index (χ0) is 37.5. The molecular formula is C52H46BNO2. The molecule has 4 saturated carbocycles. The number of furan rings is 2. The standard InChI is InChI=1S/C52H46BNO2/c1-50(2,3)32-14-16-34(17-15-32)54-43-23-38-36-11-7-9-13-46(36)56-48(38)25-42(43)53-41-24-47-37(35-10-6-8-12-45(35)55-47)22-39(41)51(4,5)40-20-33(21-44(54)49(40)53)52-26-29-18-30(27-52)31(19-29)28-52/h6-17,20-25,29-31H,18-19,26-28H2,1-5H3. The van der Waals surface area contributed by atoms with E-state index in [9.17, 15) is 0 Å². The minimum Gasteiger partial charge on any atom is -0.456 e. The molecule has 3 nitrogen and oxygen atoms in total. The zero-order valence-corrected chi connectivity index (χ0v) is 33.0. The number of rotatable bonds is 2. The lowest BCUT2D eigenvalue weighted by Crippen LogP contribution is -2.64. The molecule has 2 aromatic heterocycles. The third kappa shape index (κ3) is 4.05. The van der Waals surface area contributed by atoms with Crippen molar-refractivity contribution in [2.45, 2.75) is 83.0 Å². The van der Waals surface area contributed by atoms with Gasteiger partial charge in [-0.1, -0.05) is 94.7 Å². The molecule has 4 heterocycles. The summed E-state index contributed by atoms with van der Waals surface area (Å²) < 4.78 is 13.3. The van der Waals surface area contributed by atoms with Crippen LogP contribution in [0, 0.1) is 17.8 Å². The van der Waals surface area contributed by atoms with Crippen LogP contribution in [0.1, 0.15) is 89.0 Å². The number of nitrogens with zero attached hydrogens (tertiary/aromatic N) is 1. The number of para-hydroxylation sites is 2. The van der Waals surface area contributed by atoms with E-state index in [0.29, 0.717) is 0 Å². The Morgan fingerprint density at radius 3 is 1.88 bits per heavy atom. The zero-order valence-electron chi connectivity index (χ0n) is 33.0. The number of hydrogen-bond donors (Lipinski definition) is 0. The van der Waals surface area contributed by atoms with E-state index in [-0.39, 0.29) is 23.0 Å². The number of benzene rings is 6. The summed E-state index contributed by atoms with van der Waals surface area (Å²) in [5.41, 5.74) is 17.6. The van der Waals surface area contributed by atoms with Crippen LogP contribution in [0.3, 0.4) is 0 Å². The second-order valence-electron chi connectivity index (χ2n) is 19.9. The molecule has 0 saturated heterocycles. The molecule has 2 unspecified atom stereocenters. The van der Waals surface area contributed by atoms with Gasteiger partial charge in [0.2, 0.25) is 6.71 Å². The molecule has 8 aromatic rings. The second kappa shape index (κ2) is 10.4. The summed E-state index contributed by atoms with van der Waals surface area (Å²) in [5.74, 6) is 2.68. The minimum absolute atomic E-state index is 0.0287. The maximum atomic E-state index is 6.69. The molecule has 4 bridgehead atoms. The van der Waals surface area contributed by atoms with Gasteiger partial charge in [-0.3, -0.25) is 0 Å². The molecule has 56 heavy (non-hydrogen) atoms. The van der Waals surface area contributed by atoms with Crippen LogP contribution in [-0.4, -0.2) is 6.71 Å². The van der Waals surface area contributed by atoms with Gasteiger partial charge in [-0.05, 0) is 148 Å². The Bertz CT molecular complexity index is 2990. The summed E-state index contributed by atoms with van der Waals surface area (Å²) in [7, 11) is 0. The van der Waals surface area contributed by atoms with Crippen molar-refractivity contribution in [2.75, 3.05) is 4.90 Å². The van der Waals surface area contributed by atoms with Crippen LogP contribution in [0.25, 0.3) is 43.9 Å². The molecule has 0 amide bonds. The lowest BCUT2D eigenvalue weighted by atomic mass is 9.30. The van der Waals surface area contributed by atoms with Gasteiger partial charge in [0.1, 0.15) is 22.3 Å². The Labute approximate surface area is 328 Å². The average Bonchev–Trinajstić information content (AvgIpc) is 3.89. The monoisotopic (exact) mass is 727 g/mol. The van der Waals surface area contributed by atoms with E-state index in [0.717, 1.165) is 40.1 Å². The van der Waals surface area contributed by atoms with Crippen molar-refractivity contribution >= 4 is 84.0 Å². The van der Waals surface area contributed by atoms with Crippen LogP contribution >= 0.6 is 0 Å². The van der Waals surface area contributed by atoms with Gasteiger partial charge in [0, 0.05) is 44.0 Å². The van der Waals surface area contributed by atoms with E-state index in [4.69, 9.17) is 8.83 Å². The van der Waals surface area contributed by atoms with Crippen molar-refractivity contribution in [1.82, 2.24) is 0 Å². The summed E-state index contributed by atoms with van der Waals surface area (Å²) in [6, 6.07) is 41.6. The number of anilines is 3. The third-order valence-electron chi connectivity index (χ3n) is 15.5. The van der Waals surface area contributed by atoms with Gasteiger partial charge >= 0.3 is 0 Å². The molecule has 6 aromatic carbocycles. The SMILES string of the molecule is CC(C)(C)c1ccc(N2c3cc4c(cc3B3c5cc6oc7ccccc7c6cc5C(C)(C)c5cc(C67CC8CC(C6)C(C8)C7)cc2c53)oc2ccccc24)cc1. The van der Waals surface area contributed by atoms with E-state index >= 15 is 0 Å². The molecule has 0 N–H and O–H groups in total. The van der Waals surface area contributed by atoms with Gasteiger partial charge in [-0.15, -0.1) is 0 Å². The highest BCUT2D eigenvalue weighted by Gasteiger charge is 2.57. The van der Waals surface area contributed by atoms with E-state index < -0.39 is 0 Å². The summed E-state index contributed by atoms with van der Waals surface area (Å²) >= 11 is 0. The van der Waals surface area contributed by atoms with Gasteiger partial charge < -0.3 is 13.7 Å². The van der Waals surface area contributed by atoms with Gasteiger partial charge in [0.05, 0.1) is 0 Å². The van der Waals surface area contributed by atoms with Crippen molar-refractivity contribution < 1.29 is 8.83 Å². The van der Waals surface area contributed by atoms with E-state index in [1.165, 1.54) is 104 Å². The Kier molecular flexibility index (Phi) is 5.92. The van der Waals surface area contributed by atoms with Crippen LogP contribution in [-0.2, 0) is 16.2 Å². The van der Waals surface area contributed by atoms with Crippen LogP contribution in [0.2, 0.25) is 0 Å². The first-order valence-corrected chi connectivity index (χ1v) is 21.0. The summed E-state index contributed by atoms with van der Waals surface area (Å²) in [6.45, 7) is 11.9. The molecule has 274 valence electrons. The van der Waals surface area contributed by atoms with Crippen LogP contribution in [0.15, 0.2) is 118 Å². The number of hydrogen-bond acceptors (Lipinski definition) is 3. The first kappa shape index (κ1) is 31.9. The predicted molar refractivity (Wildman–Crippen MR) is 233 cm³/mol. The molecule has 6 aliphatic rings. The quantitative estimate of drug-likeness (QED) is 0.166. The van der Waals surface area contributed by atoms with Crippen molar-refractivity contribution in [3.8, 4) is 0 Å². The maximum absolute atomic E-state index is 6.69. The van der Waals surface area contributed by atoms with E-state index in [1.54, 1.807) is 5.56 Å². The lowest BCUT2D eigenvalue weighted by Gasteiger charge is -2.47. The largest absolute Gasteiger partial charge is 0.456 e. The first-order valence-electron chi connectivity index (χ1n) is 21.0. The minimum atomic E-state index is -0.229. The van der Waals surface area contributed by atoms with Crippen LogP contribution in [0.5, 0.6) is 0 Å². The fourth-order valence-electron chi connectivity index (χ4n) is 13.0. The summed E-state index contributed by atoms with van der Waals surface area (Å²) in [4.78, 5) is 2.63. The van der Waals surface area contributed by atoms with Gasteiger partial charge in [-0.25, -0.2) is 0 Å². The van der Waals surface area contributed by atoms with Gasteiger partial charge in [0.25, 0.3) is 0 Å². The Morgan fingerprint density at radius 2 is 1.23 bits per heavy atom. The molecule has 4 heteroatoms. The maximum Gasteiger partial charge on any atom is 0.247 e. The van der Waals surface area contributed by atoms with Crippen LogP contribution < -0.4 is 21.3 Å². The average molecular weight is 728 g/mol. The Hall–Kier alpha value is -5.22. The molecule has 0 radical (unpaired) electrons. The molecule has 4 aliphatic carbocycles. The van der Waals surface area contributed by atoms with Crippen LogP contribution in [0.4, 0.5) is 17.1 Å². The van der Waals surface area contributed by atoms with Gasteiger partial charge in [-0.2, -0.15) is 0 Å². The number of fused-ring (bicyclic) bond motifs is 10. The molecule has 0 spiro atoms. The second-order valence-corrected chi connectivity index (χ2v) is 19.9. The van der Waals surface area contributed by atoms with Gasteiger partial charge in [0.15, 0.2) is 0 Å². The molecule has 2 atom stereocenters. The van der Waals surface area contributed by atoms with Crippen molar-refractivity contribution in [2.24, 2.45) is 17.8 Å². The smallest absolute Gasteiger partial charge is 0.247 e. The highest BCUT2D eigenvalue weighted by molar-refractivity contribution is 6.99. The van der Waals surface area contributed by atoms with Crippen molar-refractivity contribution in [3.05, 3.63) is 131 Å². The topological polar surface area (TPSA) is 29.5 Å². The summed E-state index contributed by atoms with van der Waals surface area (Å²) in [5, 5.41) is 4.74. The molecular weight excluding hydrogens is 681 g/mol. The Morgan fingerprint density at radius 1 is 0.607 bits per heavy atom. The fourth-order valence-corrected chi connectivity index (χ4v) is 13.0. The Balaban J connectivity index is 1.15. The normalized spacial score (nSPS) is 24.1. The van der Waals surface area contributed by atoms with Crippen molar-refractivity contribution in [1.29, 1.82) is 0 Å². The lowest BCUT2D eigenvalue weighted by molar-refractivity contribution is 0.229. The predicted octanol–water partition coefficient (Wildman–Crippen LogP) is 11.8. The molecule has 2 aliphatic heterocycles. The molecule has 14 rings (SSSR count). The van der Waals surface area contributed by atoms with Crippen molar-refractivity contribution in [3.63, 3.8) is 0 Å². The molecule has 4 fully saturated rings.